The number of hydrogen-bond donors (Lipinski definition) is 1. The van der Waals surface area contributed by atoms with Gasteiger partial charge in [-0.1, -0.05) is 0 Å². The highest BCUT2D eigenvalue weighted by molar-refractivity contribution is 6.00. The molecule has 2 atom stereocenters. The average molecular weight is 311 g/mol. The van der Waals surface area contributed by atoms with Gasteiger partial charge in [0, 0.05) is 32.1 Å². The van der Waals surface area contributed by atoms with E-state index in [1.807, 2.05) is 32.6 Å². The molecule has 0 aromatic carbocycles. The smallest absolute Gasteiger partial charge is 0.410 e. The summed E-state index contributed by atoms with van der Waals surface area (Å²) in [4.78, 5) is 39.1. The van der Waals surface area contributed by atoms with Crippen LogP contribution in [0.25, 0.3) is 0 Å². The lowest BCUT2D eigenvalue weighted by atomic mass is 10.0. The molecule has 124 valence electrons. The molecule has 0 aromatic heterocycles. The molecule has 2 aliphatic rings. The number of nitrogens with zero attached hydrogens (tertiary/aromatic N) is 2. The van der Waals surface area contributed by atoms with Gasteiger partial charge in [-0.25, -0.2) is 4.79 Å². The van der Waals surface area contributed by atoms with Gasteiger partial charge in [0.05, 0.1) is 6.04 Å². The molecule has 7 heteroatoms. The van der Waals surface area contributed by atoms with E-state index in [1.54, 1.807) is 4.90 Å². The van der Waals surface area contributed by atoms with Crippen LogP contribution in [0.5, 0.6) is 0 Å². The molecule has 0 aromatic rings. The normalized spacial score (nSPS) is 27.5. The van der Waals surface area contributed by atoms with Crippen LogP contribution in [0.3, 0.4) is 0 Å². The van der Waals surface area contributed by atoms with Crippen LogP contribution in [0.1, 0.15) is 40.5 Å². The van der Waals surface area contributed by atoms with Crippen LogP contribution in [0.15, 0.2) is 0 Å². The van der Waals surface area contributed by atoms with Crippen molar-refractivity contribution in [2.75, 3.05) is 19.6 Å². The maximum atomic E-state index is 12.2. The standard InChI is InChI=1S/C15H25N3O4/c1-10-9-17(11-5-6-12(19)16-13(11)20)7-8-18(10)14(21)22-15(2,3)4/h10-11H,5-9H2,1-4H3,(H,16,19,20)/t10-,11?/m1/s1. The van der Waals surface area contributed by atoms with Gasteiger partial charge in [-0.3, -0.25) is 19.8 Å². The second-order valence-electron chi connectivity index (χ2n) is 6.98. The first kappa shape index (κ1) is 16.7. The number of imide groups is 1. The van der Waals surface area contributed by atoms with Crippen molar-refractivity contribution in [3.05, 3.63) is 0 Å². The lowest BCUT2D eigenvalue weighted by molar-refractivity contribution is -0.138. The van der Waals surface area contributed by atoms with E-state index in [0.29, 0.717) is 32.5 Å². The zero-order valence-corrected chi connectivity index (χ0v) is 13.7. The van der Waals surface area contributed by atoms with Crippen molar-refractivity contribution in [1.82, 2.24) is 15.1 Å². The van der Waals surface area contributed by atoms with Crippen molar-refractivity contribution in [3.8, 4) is 0 Å². The predicted molar refractivity (Wildman–Crippen MR) is 80.1 cm³/mol. The number of hydrogen-bond acceptors (Lipinski definition) is 5. The molecule has 0 radical (unpaired) electrons. The molecule has 1 unspecified atom stereocenters. The summed E-state index contributed by atoms with van der Waals surface area (Å²) in [7, 11) is 0. The molecule has 1 N–H and O–H groups in total. The Labute approximate surface area is 131 Å². The zero-order chi connectivity index (χ0) is 16.5. The third-order valence-corrected chi connectivity index (χ3v) is 3.94. The fraction of sp³-hybridized carbons (Fsp3) is 0.800. The molecule has 0 saturated carbocycles. The summed E-state index contributed by atoms with van der Waals surface area (Å²) in [5.41, 5.74) is -0.516. The Hall–Kier alpha value is -1.63. The van der Waals surface area contributed by atoms with Crippen molar-refractivity contribution >= 4 is 17.9 Å². The summed E-state index contributed by atoms with van der Waals surface area (Å²) >= 11 is 0. The van der Waals surface area contributed by atoms with Crippen LogP contribution in [0, 0.1) is 0 Å². The first-order valence-corrected chi connectivity index (χ1v) is 7.75. The highest BCUT2D eigenvalue weighted by Crippen LogP contribution is 2.20. The van der Waals surface area contributed by atoms with Gasteiger partial charge < -0.3 is 9.64 Å². The summed E-state index contributed by atoms with van der Waals surface area (Å²) in [6.07, 6.45) is 0.601. The van der Waals surface area contributed by atoms with Crippen molar-refractivity contribution < 1.29 is 19.1 Å². The fourth-order valence-electron chi connectivity index (χ4n) is 2.89. The number of piperidine rings is 1. The molecular weight excluding hydrogens is 286 g/mol. The van der Waals surface area contributed by atoms with E-state index in [4.69, 9.17) is 4.74 Å². The molecule has 2 saturated heterocycles. The van der Waals surface area contributed by atoms with Gasteiger partial charge in [0.2, 0.25) is 11.8 Å². The van der Waals surface area contributed by atoms with E-state index in [2.05, 4.69) is 5.32 Å². The topological polar surface area (TPSA) is 79.0 Å². The van der Waals surface area contributed by atoms with E-state index in [-0.39, 0.29) is 30.0 Å². The third-order valence-electron chi connectivity index (χ3n) is 3.94. The monoisotopic (exact) mass is 311 g/mol. The van der Waals surface area contributed by atoms with Crippen LogP contribution >= 0.6 is 0 Å². The first-order valence-electron chi connectivity index (χ1n) is 7.75. The Morgan fingerprint density at radius 2 is 1.95 bits per heavy atom. The molecule has 0 spiro atoms. The molecular formula is C15H25N3O4. The Morgan fingerprint density at radius 1 is 1.27 bits per heavy atom. The minimum Gasteiger partial charge on any atom is -0.444 e. The summed E-state index contributed by atoms with van der Waals surface area (Å²) in [6.45, 7) is 9.21. The third kappa shape index (κ3) is 3.97. The van der Waals surface area contributed by atoms with Crippen LogP contribution in [-0.4, -0.2) is 65.0 Å². The average Bonchev–Trinajstić information content (AvgIpc) is 2.36. The summed E-state index contributed by atoms with van der Waals surface area (Å²) in [5.74, 6) is -0.434. The largest absolute Gasteiger partial charge is 0.444 e. The minimum absolute atomic E-state index is 0.0333. The number of piperazine rings is 1. The molecule has 0 aliphatic carbocycles. The van der Waals surface area contributed by atoms with Gasteiger partial charge in [0.15, 0.2) is 0 Å². The van der Waals surface area contributed by atoms with Crippen molar-refractivity contribution in [2.45, 2.75) is 58.2 Å². The molecule has 22 heavy (non-hydrogen) atoms. The zero-order valence-electron chi connectivity index (χ0n) is 13.7. The molecule has 7 nitrogen and oxygen atoms in total. The molecule has 2 aliphatic heterocycles. The second kappa shape index (κ2) is 6.24. The Kier molecular flexibility index (Phi) is 4.75. The number of carbonyl (C=O) groups is 3. The Bertz CT molecular complexity index is 472. The number of rotatable bonds is 1. The highest BCUT2D eigenvalue weighted by atomic mass is 16.6. The maximum absolute atomic E-state index is 12.2. The first-order chi connectivity index (χ1) is 10.2. The van der Waals surface area contributed by atoms with Gasteiger partial charge in [0.1, 0.15) is 5.60 Å². The van der Waals surface area contributed by atoms with Gasteiger partial charge in [0.25, 0.3) is 0 Å². The number of carbonyl (C=O) groups excluding carboxylic acids is 3. The number of ether oxygens (including phenoxy) is 1. The lowest BCUT2D eigenvalue weighted by Gasteiger charge is -2.43. The van der Waals surface area contributed by atoms with E-state index < -0.39 is 5.60 Å². The summed E-state index contributed by atoms with van der Waals surface area (Å²) < 4.78 is 5.41. The van der Waals surface area contributed by atoms with Gasteiger partial charge in [-0.2, -0.15) is 0 Å². The van der Waals surface area contributed by atoms with Gasteiger partial charge in [-0.15, -0.1) is 0 Å². The van der Waals surface area contributed by atoms with Crippen molar-refractivity contribution in [3.63, 3.8) is 0 Å². The lowest BCUT2D eigenvalue weighted by Crippen LogP contribution is -2.61. The van der Waals surface area contributed by atoms with Crippen molar-refractivity contribution in [1.29, 1.82) is 0 Å². The van der Waals surface area contributed by atoms with Crippen LogP contribution in [0.2, 0.25) is 0 Å². The van der Waals surface area contributed by atoms with E-state index in [1.165, 1.54) is 0 Å². The molecule has 2 fully saturated rings. The van der Waals surface area contributed by atoms with Crippen molar-refractivity contribution in [2.24, 2.45) is 0 Å². The molecule has 2 rings (SSSR count). The van der Waals surface area contributed by atoms with E-state index >= 15 is 0 Å². The van der Waals surface area contributed by atoms with Crippen LogP contribution in [0.4, 0.5) is 4.79 Å². The quantitative estimate of drug-likeness (QED) is 0.722. The highest BCUT2D eigenvalue weighted by Gasteiger charge is 2.37. The maximum Gasteiger partial charge on any atom is 0.410 e. The SMILES string of the molecule is C[C@@H]1CN(C2CCC(=O)NC2=O)CCN1C(=O)OC(C)(C)C. The van der Waals surface area contributed by atoms with E-state index in [0.717, 1.165) is 0 Å². The second-order valence-corrected chi connectivity index (χ2v) is 6.98. The number of amides is 3. The van der Waals surface area contributed by atoms with E-state index in [9.17, 15) is 14.4 Å². The van der Waals surface area contributed by atoms with Crippen LogP contribution < -0.4 is 5.32 Å². The fourth-order valence-corrected chi connectivity index (χ4v) is 2.89. The summed E-state index contributed by atoms with van der Waals surface area (Å²) in [6, 6.07) is -0.310. The number of nitrogens with one attached hydrogen (secondary N) is 1. The molecule has 2 heterocycles. The minimum atomic E-state index is -0.516. The predicted octanol–water partition coefficient (Wildman–Crippen LogP) is 0.733. The molecule has 3 amide bonds. The van der Waals surface area contributed by atoms with Crippen LogP contribution in [-0.2, 0) is 14.3 Å². The Morgan fingerprint density at radius 3 is 2.50 bits per heavy atom. The Balaban J connectivity index is 1.94. The van der Waals surface area contributed by atoms with Gasteiger partial charge in [-0.05, 0) is 34.1 Å². The van der Waals surface area contributed by atoms with Gasteiger partial charge >= 0.3 is 6.09 Å². The summed E-state index contributed by atoms with van der Waals surface area (Å²) in [5, 5.41) is 2.38. The molecule has 0 bridgehead atoms.